The van der Waals surface area contributed by atoms with Crippen LogP contribution in [0.15, 0.2) is 41.2 Å². The summed E-state index contributed by atoms with van der Waals surface area (Å²) in [5, 5.41) is 4.23. The van der Waals surface area contributed by atoms with Crippen LogP contribution < -0.4 is 5.56 Å². The van der Waals surface area contributed by atoms with E-state index in [1.807, 2.05) is 19.2 Å². The smallest absolute Gasteiger partial charge is 0.266 e. The molecule has 0 bridgehead atoms. The lowest BCUT2D eigenvalue weighted by atomic mass is 10.1. The van der Waals surface area contributed by atoms with Crippen molar-refractivity contribution in [2.75, 3.05) is 20.2 Å². The van der Waals surface area contributed by atoms with E-state index >= 15 is 0 Å². The molecule has 0 aliphatic carbocycles. The maximum atomic E-state index is 12.6. The molecule has 1 aromatic heterocycles. The number of hydrogen-bond donors (Lipinski definition) is 0. The van der Waals surface area contributed by atoms with Crippen LogP contribution in [0.5, 0.6) is 0 Å². The minimum atomic E-state index is -0.148. The van der Waals surface area contributed by atoms with Crippen molar-refractivity contribution in [2.45, 2.75) is 31.8 Å². The van der Waals surface area contributed by atoms with E-state index in [9.17, 15) is 9.59 Å². The van der Waals surface area contributed by atoms with Crippen LogP contribution in [-0.2, 0) is 11.8 Å². The van der Waals surface area contributed by atoms with Crippen molar-refractivity contribution >= 4 is 5.91 Å². The molecule has 6 nitrogen and oxygen atoms in total. The molecule has 1 atom stereocenters. The second-order valence-corrected chi connectivity index (χ2v) is 6.76. The number of carbonyl (C=O) groups excluding carboxylic acids is 1. The van der Waals surface area contributed by atoms with E-state index in [1.54, 1.807) is 30.1 Å². The Balaban J connectivity index is 1.58. The molecule has 2 heterocycles. The Kier molecular flexibility index (Phi) is 5.83. The SMILES string of the molecule is CN(CCC[C@@H]1CCCO1)C(=O)c1ccc(-c2ccc(=O)n(C)n2)cc1. The molecule has 3 rings (SSSR count). The first kappa shape index (κ1) is 18.3. The van der Waals surface area contributed by atoms with E-state index in [0.717, 1.165) is 44.4 Å². The van der Waals surface area contributed by atoms with Crippen molar-refractivity contribution in [3.63, 3.8) is 0 Å². The zero-order valence-electron chi connectivity index (χ0n) is 15.4. The lowest BCUT2D eigenvalue weighted by Gasteiger charge is -2.18. The Bertz CT molecular complexity index is 808. The summed E-state index contributed by atoms with van der Waals surface area (Å²) in [7, 11) is 3.45. The maximum Gasteiger partial charge on any atom is 0.266 e. The standard InChI is InChI=1S/C20H25N3O3/c1-22(13-3-5-17-6-4-14-26-17)20(25)16-9-7-15(8-10-16)18-11-12-19(24)23(2)21-18/h7-12,17H,3-6,13-14H2,1-2H3/t17-/m1/s1. The van der Waals surface area contributed by atoms with Crippen molar-refractivity contribution in [3.8, 4) is 11.3 Å². The van der Waals surface area contributed by atoms with E-state index in [4.69, 9.17) is 4.74 Å². The van der Waals surface area contributed by atoms with Gasteiger partial charge in [-0.15, -0.1) is 0 Å². The van der Waals surface area contributed by atoms with Crippen LogP contribution in [0.2, 0.25) is 0 Å². The summed E-state index contributed by atoms with van der Waals surface area (Å²) in [5.41, 5.74) is 2.08. The molecule has 1 aromatic carbocycles. The number of amides is 1. The minimum Gasteiger partial charge on any atom is -0.378 e. The molecule has 26 heavy (non-hydrogen) atoms. The minimum absolute atomic E-state index is 0.0114. The van der Waals surface area contributed by atoms with Gasteiger partial charge in [-0.3, -0.25) is 9.59 Å². The fraction of sp³-hybridized carbons (Fsp3) is 0.450. The fourth-order valence-corrected chi connectivity index (χ4v) is 3.19. The number of aryl methyl sites for hydroxylation is 1. The monoisotopic (exact) mass is 355 g/mol. The fourth-order valence-electron chi connectivity index (χ4n) is 3.19. The van der Waals surface area contributed by atoms with Crippen LogP contribution in [0.4, 0.5) is 0 Å². The molecular formula is C20H25N3O3. The van der Waals surface area contributed by atoms with Gasteiger partial charge in [0.2, 0.25) is 0 Å². The average Bonchev–Trinajstić information content (AvgIpc) is 3.17. The first-order valence-corrected chi connectivity index (χ1v) is 9.06. The summed E-state index contributed by atoms with van der Waals surface area (Å²) >= 11 is 0. The number of benzene rings is 1. The second kappa shape index (κ2) is 8.27. The second-order valence-electron chi connectivity index (χ2n) is 6.76. The van der Waals surface area contributed by atoms with E-state index < -0.39 is 0 Å². The van der Waals surface area contributed by atoms with Crippen molar-refractivity contribution in [3.05, 3.63) is 52.3 Å². The third kappa shape index (κ3) is 4.38. The number of aromatic nitrogens is 2. The quantitative estimate of drug-likeness (QED) is 0.798. The molecule has 1 fully saturated rings. The Morgan fingerprint density at radius 2 is 2.04 bits per heavy atom. The van der Waals surface area contributed by atoms with Crippen molar-refractivity contribution < 1.29 is 9.53 Å². The van der Waals surface area contributed by atoms with Gasteiger partial charge >= 0.3 is 0 Å². The summed E-state index contributed by atoms with van der Waals surface area (Å²) in [6.07, 6.45) is 4.61. The normalized spacial score (nSPS) is 16.6. The molecule has 0 N–H and O–H groups in total. The molecule has 0 saturated carbocycles. The molecule has 1 aliphatic rings. The highest BCUT2D eigenvalue weighted by molar-refractivity contribution is 5.94. The van der Waals surface area contributed by atoms with Crippen LogP contribution in [-0.4, -0.2) is 46.9 Å². The molecule has 1 saturated heterocycles. The summed E-state index contributed by atoms with van der Waals surface area (Å²) in [5.74, 6) is 0.0114. The molecular weight excluding hydrogens is 330 g/mol. The Hall–Kier alpha value is -2.47. The molecule has 1 amide bonds. The Labute approximate surface area is 153 Å². The number of hydrogen-bond acceptors (Lipinski definition) is 4. The highest BCUT2D eigenvalue weighted by Gasteiger charge is 2.16. The Morgan fingerprint density at radius 3 is 2.69 bits per heavy atom. The Morgan fingerprint density at radius 1 is 1.27 bits per heavy atom. The van der Waals surface area contributed by atoms with Gasteiger partial charge in [0.1, 0.15) is 0 Å². The summed E-state index contributed by atoms with van der Waals surface area (Å²) in [6, 6.07) is 10.5. The van der Waals surface area contributed by atoms with Gasteiger partial charge in [0.05, 0.1) is 11.8 Å². The van der Waals surface area contributed by atoms with Gasteiger partial charge in [0.15, 0.2) is 0 Å². The van der Waals surface area contributed by atoms with Crippen LogP contribution in [0.25, 0.3) is 11.3 Å². The lowest BCUT2D eigenvalue weighted by Crippen LogP contribution is -2.28. The van der Waals surface area contributed by atoms with E-state index in [2.05, 4.69) is 5.10 Å². The van der Waals surface area contributed by atoms with Crippen molar-refractivity contribution in [1.29, 1.82) is 0 Å². The number of ether oxygens (including phenoxy) is 1. The predicted octanol–water partition coefficient (Wildman–Crippen LogP) is 2.48. The van der Waals surface area contributed by atoms with Crippen LogP contribution >= 0.6 is 0 Å². The van der Waals surface area contributed by atoms with E-state index in [-0.39, 0.29) is 11.5 Å². The molecule has 0 spiro atoms. The van der Waals surface area contributed by atoms with Crippen LogP contribution in [0, 0.1) is 0 Å². The van der Waals surface area contributed by atoms with E-state index in [1.165, 1.54) is 10.7 Å². The van der Waals surface area contributed by atoms with Crippen LogP contribution in [0.3, 0.4) is 0 Å². The third-order valence-corrected chi connectivity index (χ3v) is 4.78. The van der Waals surface area contributed by atoms with Gasteiger partial charge < -0.3 is 9.64 Å². The molecule has 2 aromatic rings. The van der Waals surface area contributed by atoms with Gasteiger partial charge in [0, 0.05) is 44.4 Å². The molecule has 1 aliphatic heterocycles. The van der Waals surface area contributed by atoms with Crippen molar-refractivity contribution in [2.24, 2.45) is 7.05 Å². The van der Waals surface area contributed by atoms with Gasteiger partial charge in [-0.05, 0) is 43.9 Å². The van der Waals surface area contributed by atoms with Gasteiger partial charge in [-0.2, -0.15) is 5.10 Å². The molecule has 0 unspecified atom stereocenters. The first-order valence-electron chi connectivity index (χ1n) is 9.06. The number of carbonyl (C=O) groups is 1. The number of nitrogens with zero attached hydrogens (tertiary/aromatic N) is 3. The van der Waals surface area contributed by atoms with Gasteiger partial charge in [-0.1, -0.05) is 12.1 Å². The summed E-state index contributed by atoms with van der Waals surface area (Å²) in [6.45, 7) is 1.60. The topological polar surface area (TPSA) is 64.4 Å². The summed E-state index contributed by atoms with van der Waals surface area (Å²) < 4.78 is 6.92. The third-order valence-electron chi connectivity index (χ3n) is 4.78. The maximum absolute atomic E-state index is 12.6. The largest absolute Gasteiger partial charge is 0.378 e. The zero-order valence-corrected chi connectivity index (χ0v) is 15.4. The highest BCUT2D eigenvalue weighted by atomic mass is 16.5. The van der Waals surface area contributed by atoms with E-state index in [0.29, 0.717) is 17.4 Å². The number of rotatable bonds is 6. The summed E-state index contributed by atoms with van der Waals surface area (Å²) in [4.78, 5) is 25.7. The highest BCUT2D eigenvalue weighted by Crippen LogP contribution is 2.18. The average molecular weight is 355 g/mol. The van der Waals surface area contributed by atoms with Crippen molar-refractivity contribution in [1.82, 2.24) is 14.7 Å². The predicted molar refractivity (Wildman–Crippen MR) is 100 cm³/mol. The lowest BCUT2D eigenvalue weighted by molar-refractivity contribution is 0.0763. The van der Waals surface area contributed by atoms with Gasteiger partial charge in [0.25, 0.3) is 11.5 Å². The molecule has 138 valence electrons. The zero-order chi connectivity index (χ0) is 18.5. The first-order chi connectivity index (χ1) is 12.5. The molecule has 0 radical (unpaired) electrons. The van der Waals surface area contributed by atoms with Gasteiger partial charge in [-0.25, -0.2) is 4.68 Å². The van der Waals surface area contributed by atoms with Crippen LogP contribution in [0.1, 0.15) is 36.0 Å². The molecule has 6 heteroatoms.